The van der Waals surface area contributed by atoms with Crippen LogP contribution >= 0.6 is 0 Å². The monoisotopic (exact) mass is 616 g/mol. The third-order valence-electron chi connectivity index (χ3n) is 9.11. The zero-order valence-electron chi connectivity index (χ0n) is 27.1. The molecule has 2 N–H and O–H groups in total. The molecule has 0 fully saturated rings. The number of aromatic hydroxyl groups is 2. The summed E-state index contributed by atoms with van der Waals surface area (Å²) in [5, 5.41) is 22.5. The molecule has 0 atom stereocenters. The summed E-state index contributed by atoms with van der Waals surface area (Å²) in [6.07, 6.45) is 10.5. The lowest BCUT2D eigenvalue weighted by Crippen LogP contribution is -1.93. The topological polar surface area (TPSA) is 40.5 Å². The molecule has 2 heteroatoms. The normalized spacial score (nSPS) is 11.1. The molecule has 0 saturated heterocycles. The van der Waals surface area contributed by atoms with E-state index in [0.29, 0.717) is 11.5 Å². The first-order valence-corrected chi connectivity index (χ1v) is 17.1. The summed E-state index contributed by atoms with van der Waals surface area (Å²) in [7, 11) is 0. The first kappa shape index (κ1) is 31.9. The van der Waals surface area contributed by atoms with Crippen LogP contribution in [0.5, 0.6) is 11.5 Å². The maximum atomic E-state index is 11.2. The van der Waals surface area contributed by atoms with Crippen LogP contribution in [0.4, 0.5) is 0 Å². The maximum absolute atomic E-state index is 11.2. The molecular formula is C45H44O2. The maximum Gasteiger partial charge on any atom is 0.131 e. The fourth-order valence-electron chi connectivity index (χ4n) is 6.57. The number of hydrogen-bond acceptors (Lipinski definition) is 2. The van der Waals surface area contributed by atoms with Crippen LogP contribution in [0.15, 0.2) is 146 Å². The average molecular weight is 617 g/mol. The average Bonchev–Trinajstić information content (AvgIpc) is 3.13. The molecule has 0 aliphatic rings. The summed E-state index contributed by atoms with van der Waals surface area (Å²) in [6.45, 7) is 0. The van der Waals surface area contributed by atoms with Gasteiger partial charge < -0.3 is 10.2 Å². The Morgan fingerprint density at radius 2 is 0.532 bits per heavy atom. The van der Waals surface area contributed by atoms with E-state index >= 15 is 0 Å². The molecule has 6 rings (SSSR count). The zero-order valence-corrected chi connectivity index (χ0v) is 27.1. The highest BCUT2D eigenvalue weighted by atomic mass is 16.3. The lowest BCUT2D eigenvalue weighted by Gasteiger charge is -2.14. The molecule has 2 nitrogen and oxygen atoms in total. The van der Waals surface area contributed by atoms with Gasteiger partial charge >= 0.3 is 0 Å². The highest BCUT2D eigenvalue weighted by molar-refractivity contribution is 5.84. The minimum absolute atomic E-state index is 0.353. The van der Waals surface area contributed by atoms with E-state index in [0.717, 1.165) is 70.2 Å². The van der Waals surface area contributed by atoms with Gasteiger partial charge in [-0.05, 0) is 83.3 Å². The Balaban J connectivity index is 1.01. The standard InChI is InChI=1S/C45H44O2/c46-44-40(36-22-12-6-13-23-36)30-34(31-41(44)37-24-14-7-15-25-37)20-10-4-2-1-3-5-11-21-35-32-42(38-26-16-8-17-27-38)45(47)43(33-35)39-28-18-9-19-29-39/h6-9,12-19,22-33,46-47H,1-5,10-11,20-21H2. The van der Waals surface area contributed by atoms with Gasteiger partial charge in [-0.2, -0.15) is 0 Å². The summed E-state index contributed by atoms with van der Waals surface area (Å²) in [5.41, 5.74) is 10.4. The minimum Gasteiger partial charge on any atom is -0.507 e. The second kappa shape index (κ2) is 16.0. The van der Waals surface area contributed by atoms with Gasteiger partial charge in [-0.1, -0.05) is 153 Å². The largest absolute Gasteiger partial charge is 0.507 e. The smallest absolute Gasteiger partial charge is 0.131 e. The highest BCUT2D eigenvalue weighted by Crippen LogP contribution is 2.41. The van der Waals surface area contributed by atoms with Crippen LogP contribution in [0, 0.1) is 0 Å². The molecular weight excluding hydrogens is 572 g/mol. The molecule has 0 aromatic heterocycles. The third kappa shape index (κ3) is 8.20. The number of aryl methyl sites for hydroxylation is 2. The molecule has 0 aliphatic carbocycles. The van der Waals surface area contributed by atoms with E-state index in [1.54, 1.807) is 0 Å². The SMILES string of the molecule is Oc1c(-c2ccccc2)cc(CCCCCCCCCc2cc(-c3ccccc3)c(O)c(-c3ccccc3)c2)cc1-c1ccccc1. The molecule has 0 saturated carbocycles. The summed E-state index contributed by atoms with van der Waals surface area (Å²) < 4.78 is 0. The predicted molar refractivity (Wildman–Crippen MR) is 198 cm³/mol. The Morgan fingerprint density at radius 1 is 0.298 bits per heavy atom. The molecule has 236 valence electrons. The molecule has 0 spiro atoms. The second-order valence-corrected chi connectivity index (χ2v) is 12.5. The Hall–Kier alpha value is -5.08. The lowest BCUT2D eigenvalue weighted by atomic mass is 9.92. The van der Waals surface area contributed by atoms with Crippen molar-refractivity contribution < 1.29 is 10.2 Å². The van der Waals surface area contributed by atoms with Gasteiger partial charge in [0.15, 0.2) is 0 Å². The summed E-state index contributed by atoms with van der Waals surface area (Å²) in [6, 6.07) is 49.5. The van der Waals surface area contributed by atoms with E-state index < -0.39 is 0 Å². The number of phenolic OH excluding ortho intramolecular Hbond substituents is 2. The Labute approximate surface area is 280 Å². The molecule has 0 amide bonds. The van der Waals surface area contributed by atoms with Crippen LogP contribution in [-0.2, 0) is 12.8 Å². The van der Waals surface area contributed by atoms with Crippen LogP contribution in [-0.4, -0.2) is 10.2 Å². The Kier molecular flexibility index (Phi) is 10.8. The van der Waals surface area contributed by atoms with E-state index in [9.17, 15) is 10.2 Å². The third-order valence-corrected chi connectivity index (χ3v) is 9.11. The molecule has 0 unspecified atom stereocenters. The fourth-order valence-corrected chi connectivity index (χ4v) is 6.57. The quantitative estimate of drug-likeness (QED) is 0.120. The van der Waals surface area contributed by atoms with Crippen molar-refractivity contribution in [2.45, 2.75) is 57.8 Å². The van der Waals surface area contributed by atoms with Crippen molar-refractivity contribution in [3.63, 3.8) is 0 Å². The van der Waals surface area contributed by atoms with Crippen molar-refractivity contribution in [1.82, 2.24) is 0 Å². The van der Waals surface area contributed by atoms with Crippen molar-refractivity contribution in [2.75, 3.05) is 0 Å². The number of hydrogen-bond donors (Lipinski definition) is 2. The van der Waals surface area contributed by atoms with Gasteiger partial charge in [0.2, 0.25) is 0 Å². The first-order valence-electron chi connectivity index (χ1n) is 17.1. The van der Waals surface area contributed by atoms with Gasteiger partial charge in [0.25, 0.3) is 0 Å². The number of phenols is 2. The number of unbranched alkanes of at least 4 members (excludes halogenated alkanes) is 6. The van der Waals surface area contributed by atoms with Gasteiger partial charge in [0, 0.05) is 22.3 Å². The number of benzene rings is 6. The van der Waals surface area contributed by atoms with Crippen molar-refractivity contribution in [1.29, 1.82) is 0 Å². The van der Waals surface area contributed by atoms with Crippen LogP contribution < -0.4 is 0 Å². The van der Waals surface area contributed by atoms with Crippen LogP contribution in [0.2, 0.25) is 0 Å². The van der Waals surface area contributed by atoms with Gasteiger partial charge in [0.1, 0.15) is 11.5 Å². The molecule has 47 heavy (non-hydrogen) atoms. The predicted octanol–water partition coefficient (Wildman–Crippen LogP) is 12.3. The van der Waals surface area contributed by atoms with Gasteiger partial charge in [0.05, 0.1) is 0 Å². The van der Waals surface area contributed by atoms with Crippen molar-refractivity contribution in [3.05, 3.63) is 157 Å². The van der Waals surface area contributed by atoms with E-state index in [1.165, 1.54) is 43.2 Å². The van der Waals surface area contributed by atoms with E-state index in [4.69, 9.17) is 0 Å². The van der Waals surface area contributed by atoms with Crippen molar-refractivity contribution >= 4 is 0 Å². The van der Waals surface area contributed by atoms with E-state index in [1.807, 2.05) is 72.8 Å². The molecule has 0 heterocycles. The van der Waals surface area contributed by atoms with E-state index in [2.05, 4.69) is 72.8 Å². The van der Waals surface area contributed by atoms with Gasteiger partial charge in [-0.3, -0.25) is 0 Å². The first-order chi connectivity index (χ1) is 23.2. The molecule has 0 aliphatic heterocycles. The molecule has 0 bridgehead atoms. The summed E-state index contributed by atoms with van der Waals surface area (Å²) >= 11 is 0. The van der Waals surface area contributed by atoms with Gasteiger partial charge in [-0.25, -0.2) is 0 Å². The summed E-state index contributed by atoms with van der Waals surface area (Å²) in [4.78, 5) is 0. The molecule has 0 radical (unpaired) electrons. The zero-order chi connectivity index (χ0) is 32.3. The highest BCUT2D eigenvalue weighted by Gasteiger charge is 2.15. The molecule has 6 aromatic carbocycles. The van der Waals surface area contributed by atoms with Crippen LogP contribution in [0.1, 0.15) is 56.1 Å². The van der Waals surface area contributed by atoms with Crippen molar-refractivity contribution in [2.24, 2.45) is 0 Å². The lowest BCUT2D eigenvalue weighted by molar-refractivity contribution is 0.478. The Morgan fingerprint density at radius 3 is 0.787 bits per heavy atom. The second-order valence-electron chi connectivity index (χ2n) is 12.5. The fraction of sp³-hybridized carbons (Fsp3) is 0.200. The van der Waals surface area contributed by atoms with Gasteiger partial charge in [-0.15, -0.1) is 0 Å². The van der Waals surface area contributed by atoms with Crippen LogP contribution in [0.25, 0.3) is 44.5 Å². The summed E-state index contributed by atoms with van der Waals surface area (Å²) in [5.74, 6) is 0.706. The Bertz CT molecular complexity index is 1590. The number of rotatable bonds is 14. The van der Waals surface area contributed by atoms with Crippen molar-refractivity contribution in [3.8, 4) is 56.0 Å². The van der Waals surface area contributed by atoms with E-state index in [-0.39, 0.29) is 0 Å². The van der Waals surface area contributed by atoms with Crippen LogP contribution in [0.3, 0.4) is 0 Å². The molecule has 6 aromatic rings. The minimum atomic E-state index is 0.353.